The molecule has 1 atom stereocenters. The monoisotopic (exact) mass is 323 g/mol. The Morgan fingerprint density at radius 1 is 1.12 bits per heavy atom. The fraction of sp³-hybridized carbons (Fsp3) is 0.455. The average molecular weight is 323 g/mol. The van der Waals surface area contributed by atoms with Gasteiger partial charge in [-0.2, -0.15) is 0 Å². The first kappa shape index (κ1) is 16.9. The predicted molar refractivity (Wildman–Crippen MR) is 103 cm³/mol. The summed E-state index contributed by atoms with van der Waals surface area (Å²) in [6, 6.07) is 6.13. The summed E-state index contributed by atoms with van der Waals surface area (Å²) >= 11 is 0. The lowest BCUT2D eigenvalue weighted by Crippen LogP contribution is -2.11. The van der Waals surface area contributed by atoms with E-state index in [-0.39, 0.29) is 6.10 Å². The molecule has 128 valence electrons. The first-order chi connectivity index (χ1) is 11.7. The molecule has 1 saturated carbocycles. The highest BCUT2D eigenvalue weighted by atomic mass is 16.5. The molecule has 0 amide bonds. The second-order valence-corrected chi connectivity index (χ2v) is 6.98. The van der Waals surface area contributed by atoms with Crippen LogP contribution >= 0.6 is 0 Å². The van der Waals surface area contributed by atoms with Gasteiger partial charge in [-0.1, -0.05) is 43.2 Å². The zero-order valence-corrected chi connectivity index (χ0v) is 15.0. The van der Waals surface area contributed by atoms with E-state index in [0.29, 0.717) is 5.69 Å². The van der Waals surface area contributed by atoms with Gasteiger partial charge in [-0.05, 0) is 74.3 Å². The van der Waals surface area contributed by atoms with Crippen LogP contribution in [0.2, 0.25) is 0 Å². The summed E-state index contributed by atoms with van der Waals surface area (Å²) in [6.07, 6.45) is 15.8. The Hall–Kier alpha value is -1.96. The van der Waals surface area contributed by atoms with Crippen LogP contribution in [0.3, 0.4) is 0 Å². The van der Waals surface area contributed by atoms with Crippen molar-refractivity contribution in [1.82, 2.24) is 0 Å². The summed E-state index contributed by atoms with van der Waals surface area (Å²) in [4.78, 5) is 0. The van der Waals surface area contributed by atoms with E-state index in [1.807, 2.05) is 6.07 Å². The zero-order chi connectivity index (χ0) is 16.9. The fourth-order valence-electron chi connectivity index (χ4n) is 3.44. The molecule has 0 radical (unpaired) electrons. The van der Waals surface area contributed by atoms with E-state index in [1.165, 1.54) is 48.8 Å². The van der Waals surface area contributed by atoms with E-state index in [4.69, 9.17) is 10.5 Å². The van der Waals surface area contributed by atoms with Gasteiger partial charge in [0.15, 0.2) is 0 Å². The van der Waals surface area contributed by atoms with Crippen LogP contribution in [0.1, 0.15) is 64.4 Å². The van der Waals surface area contributed by atoms with Crippen LogP contribution in [0.25, 0.3) is 5.57 Å². The van der Waals surface area contributed by atoms with E-state index in [0.717, 1.165) is 18.6 Å². The van der Waals surface area contributed by atoms with Gasteiger partial charge in [-0.3, -0.25) is 0 Å². The quantitative estimate of drug-likeness (QED) is 0.684. The van der Waals surface area contributed by atoms with Gasteiger partial charge in [0.2, 0.25) is 0 Å². The number of nitrogen functional groups attached to an aromatic ring is 1. The number of anilines is 1. The predicted octanol–water partition coefficient (Wildman–Crippen LogP) is 6.05. The molecule has 0 bridgehead atoms. The second-order valence-electron chi connectivity index (χ2n) is 6.98. The summed E-state index contributed by atoms with van der Waals surface area (Å²) in [6.45, 7) is 4.20. The van der Waals surface area contributed by atoms with Crippen molar-refractivity contribution in [1.29, 1.82) is 0 Å². The SMILES string of the molecule is CCC(C)Oc1cc(C2=CCC(=C3CCCCC3)C=C2)ccc1N. The van der Waals surface area contributed by atoms with Crippen molar-refractivity contribution < 1.29 is 4.74 Å². The van der Waals surface area contributed by atoms with Crippen molar-refractivity contribution in [2.24, 2.45) is 0 Å². The molecule has 1 unspecified atom stereocenters. The highest BCUT2D eigenvalue weighted by molar-refractivity contribution is 5.78. The smallest absolute Gasteiger partial charge is 0.143 e. The van der Waals surface area contributed by atoms with E-state index >= 15 is 0 Å². The fourth-order valence-corrected chi connectivity index (χ4v) is 3.44. The summed E-state index contributed by atoms with van der Waals surface area (Å²) in [7, 11) is 0. The van der Waals surface area contributed by atoms with Crippen molar-refractivity contribution in [2.45, 2.75) is 64.9 Å². The van der Waals surface area contributed by atoms with Crippen LogP contribution in [0, 0.1) is 0 Å². The highest BCUT2D eigenvalue weighted by Crippen LogP contribution is 2.34. The van der Waals surface area contributed by atoms with Crippen molar-refractivity contribution in [3.8, 4) is 5.75 Å². The molecule has 0 aromatic heterocycles. The van der Waals surface area contributed by atoms with E-state index in [1.54, 1.807) is 5.57 Å². The normalized spacial score (nSPS) is 19.2. The van der Waals surface area contributed by atoms with Crippen LogP contribution in [-0.4, -0.2) is 6.10 Å². The Morgan fingerprint density at radius 3 is 2.58 bits per heavy atom. The number of rotatable bonds is 4. The summed E-state index contributed by atoms with van der Waals surface area (Å²) < 4.78 is 5.96. The van der Waals surface area contributed by atoms with Gasteiger partial charge in [-0.15, -0.1) is 0 Å². The van der Waals surface area contributed by atoms with Gasteiger partial charge >= 0.3 is 0 Å². The molecular weight excluding hydrogens is 294 g/mol. The standard InChI is InChI=1S/C22H29NO/c1-3-16(2)24-22-15-20(13-14-21(22)23)19-11-9-18(10-12-19)17-7-5-4-6-8-17/h9,11-16H,3-8,10,23H2,1-2H3. The Labute approximate surface area is 146 Å². The highest BCUT2D eigenvalue weighted by Gasteiger charge is 2.13. The lowest BCUT2D eigenvalue weighted by atomic mass is 9.87. The van der Waals surface area contributed by atoms with Crippen LogP contribution in [0.4, 0.5) is 5.69 Å². The van der Waals surface area contributed by atoms with Gasteiger partial charge in [0.1, 0.15) is 5.75 Å². The summed E-state index contributed by atoms with van der Waals surface area (Å²) in [5.41, 5.74) is 12.4. The van der Waals surface area contributed by atoms with Crippen LogP contribution in [0.5, 0.6) is 5.75 Å². The Morgan fingerprint density at radius 2 is 1.92 bits per heavy atom. The van der Waals surface area contributed by atoms with Crippen LogP contribution in [-0.2, 0) is 0 Å². The Balaban J connectivity index is 1.77. The molecule has 24 heavy (non-hydrogen) atoms. The molecule has 0 saturated heterocycles. The lowest BCUT2D eigenvalue weighted by molar-refractivity contribution is 0.218. The minimum absolute atomic E-state index is 0.182. The number of allylic oxidation sites excluding steroid dienone is 6. The van der Waals surface area contributed by atoms with Gasteiger partial charge in [0.25, 0.3) is 0 Å². The molecule has 2 aliphatic carbocycles. The van der Waals surface area contributed by atoms with Gasteiger partial charge in [0.05, 0.1) is 11.8 Å². The summed E-state index contributed by atoms with van der Waals surface area (Å²) in [5.74, 6) is 0.799. The molecule has 1 aromatic rings. The molecule has 2 aliphatic rings. The van der Waals surface area contributed by atoms with E-state index in [9.17, 15) is 0 Å². The minimum atomic E-state index is 0.182. The van der Waals surface area contributed by atoms with E-state index in [2.05, 4.69) is 44.2 Å². The lowest BCUT2D eigenvalue weighted by Gasteiger charge is -2.20. The minimum Gasteiger partial charge on any atom is -0.489 e. The second kappa shape index (κ2) is 7.74. The first-order valence-corrected chi connectivity index (χ1v) is 9.33. The third kappa shape index (κ3) is 3.92. The maximum Gasteiger partial charge on any atom is 0.143 e. The van der Waals surface area contributed by atoms with Crippen molar-refractivity contribution in [3.05, 3.63) is 53.1 Å². The molecule has 0 spiro atoms. The molecule has 2 heteroatoms. The number of hydrogen-bond donors (Lipinski definition) is 1. The topological polar surface area (TPSA) is 35.2 Å². The number of ether oxygens (including phenoxy) is 1. The molecule has 2 nitrogen and oxygen atoms in total. The van der Waals surface area contributed by atoms with Gasteiger partial charge in [-0.25, -0.2) is 0 Å². The van der Waals surface area contributed by atoms with Crippen LogP contribution in [0.15, 0.2) is 47.6 Å². The molecule has 2 N–H and O–H groups in total. The molecule has 0 aliphatic heterocycles. The zero-order valence-electron chi connectivity index (χ0n) is 15.0. The third-order valence-electron chi connectivity index (χ3n) is 5.17. The third-order valence-corrected chi connectivity index (χ3v) is 5.17. The van der Waals surface area contributed by atoms with Crippen molar-refractivity contribution >= 4 is 11.3 Å². The van der Waals surface area contributed by atoms with Crippen molar-refractivity contribution in [3.63, 3.8) is 0 Å². The molecule has 0 heterocycles. The first-order valence-electron chi connectivity index (χ1n) is 9.33. The van der Waals surface area contributed by atoms with Gasteiger partial charge < -0.3 is 10.5 Å². The number of hydrogen-bond acceptors (Lipinski definition) is 2. The Bertz CT molecular complexity index is 673. The number of benzene rings is 1. The van der Waals surface area contributed by atoms with Crippen LogP contribution < -0.4 is 10.5 Å². The van der Waals surface area contributed by atoms with Crippen molar-refractivity contribution in [2.75, 3.05) is 5.73 Å². The molecular formula is C22H29NO. The molecule has 1 fully saturated rings. The average Bonchev–Trinajstić information content (AvgIpc) is 2.64. The molecule has 1 aromatic carbocycles. The maximum atomic E-state index is 6.07. The maximum absolute atomic E-state index is 6.07. The van der Waals surface area contributed by atoms with E-state index < -0.39 is 0 Å². The largest absolute Gasteiger partial charge is 0.489 e. The number of nitrogens with two attached hydrogens (primary N) is 1. The summed E-state index contributed by atoms with van der Waals surface area (Å²) in [5, 5.41) is 0. The Kier molecular flexibility index (Phi) is 5.44. The van der Waals surface area contributed by atoms with Gasteiger partial charge in [0, 0.05) is 0 Å². The molecule has 3 rings (SSSR count).